The molecule has 0 saturated heterocycles. The molecule has 1 rings (SSSR count). The first kappa shape index (κ1) is 12.1. The first-order valence-corrected chi connectivity index (χ1v) is 6.51. The molecule has 0 bridgehead atoms. The van der Waals surface area contributed by atoms with Gasteiger partial charge in [-0.25, -0.2) is 8.42 Å². The molecule has 7 heteroatoms. The van der Waals surface area contributed by atoms with E-state index in [0.717, 1.165) is 6.07 Å². The summed E-state index contributed by atoms with van der Waals surface area (Å²) in [6.07, 6.45) is 0. The number of hydrogen-bond donors (Lipinski definition) is 1. The molecule has 1 N–H and O–H groups in total. The van der Waals surface area contributed by atoms with Gasteiger partial charge in [-0.05, 0) is 11.6 Å². The van der Waals surface area contributed by atoms with E-state index in [9.17, 15) is 13.5 Å². The third kappa shape index (κ3) is 2.53. The highest BCUT2D eigenvalue weighted by Crippen LogP contribution is 2.28. The molecule has 4 nitrogen and oxygen atoms in total. The van der Waals surface area contributed by atoms with Gasteiger partial charge in [0.1, 0.15) is 16.7 Å². The summed E-state index contributed by atoms with van der Waals surface area (Å²) in [6.45, 7) is 0. The van der Waals surface area contributed by atoms with Gasteiger partial charge >= 0.3 is 0 Å². The lowest BCUT2D eigenvalue weighted by atomic mass is 10.1. The fraction of sp³-hybridized carbons (Fsp3) is 0.125. The first-order chi connectivity index (χ1) is 6.90. The van der Waals surface area contributed by atoms with Gasteiger partial charge in [-0.2, -0.15) is 5.26 Å². The third-order valence-electron chi connectivity index (χ3n) is 1.69. The minimum Gasteiger partial charge on any atom is -0.508 e. The second-order valence-corrected chi connectivity index (χ2v) is 5.46. The highest BCUT2D eigenvalue weighted by molar-refractivity contribution is 8.13. The monoisotopic (exact) mass is 265 g/mol. The largest absolute Gasteiger partial charge is 0.508 e. The van der Waals surface area contributed by atoms with E-state index in [2.05, 4.69) is 0 Å². The van der Waals surface area contributed by atoms with Crippen LogP contribution >= 0.6 is 22.3 Å². The molecule has 0 fully saturated rings. The topological polar surface area (TPSA) is 78.2 Å². The van der Waals surface area contributed by atoms with Crippen LogP contribution < -0.4 is 0 Å². The summed E-state index contributed by atoms with van der Waals surface area (Å²) in [6, 6.07) is 3.82. The fourth-order valence-electron chi connectivity index (χ4n) is 1.08. The van der Waals surface area contributed by atoms with E-state index in [0.29, 0.717) is 0 Å². The second-order valence-electron chi connectivity index (χ2n) is 2.66. The SMILES string of the molecule is N#Cc1c(CCl)cc(O)cc1S(=O)(=O)Cl. The van der Waals surface area contributed by atoms with E-state index in [-0.39, 0.29) is 22.8 Å². The van der Waals surface area contributed by atoms with Crippen molar-refractivity contribution in [2.45, 2.75) is 10.8 Å². The van der Waals surface area contributed by atoms with Gasteiger partial charge in [0.25, 0.3) is 9.05 Å². The molecule has 0 aliphatic carbocycles. The lowest BCUT2D eigenvalue weighted by Gasteiger charge is -2.05. The Morgan fingerprint density at radius 1 is 1.47 bits per heavy atom. The predicted molar refractivity (Wildman–Crippen MR) is 55.4 cm³/mol. The van der Waals surface area contributed by atoms with Crippen LogP contribution in [0, 0.1) is 11.3 Å². The van der Waals surface area contributed by atoms with Gasteiger partial charge in [-0.1, -0.05) is 0 Å². The van der Waals surface area contributed by atoms with Gasteiger partial charge in [-0.15, -0.1) is 11.6 Å². The smallest absolute Gasteiger partial charge is 0.262 e. The van der Waals surface area contributed by atoms with E-state index >= 15 is 0 Å². The van der Waals surface area contributed by atoms with Gasteiger partial charge in [-0.3, -0.25) is 0 Å². The summed E-state index contributed by atoms with van der Waals surface area (Å²) in [7, 11) is 1.04. The number of phenols is 1. The van der Waals surface area contributed by atoms with Crippen molar-refractivity contribution < 1.29 is 13.5 Å². The second kappa shape index (κ2) is 4.27. The van der Waals surface area contributed by atoms with Crippen molar-refractivity contribution in [3.8, 4) is 11.8 Å². The maximum absolute atomic E-state index is 11.1. The molecule has 0 saturated carbocycles. The van der Waals surface area contributed by atoms with Crippen LogP contribution in [0.5, 0.6) is 5.75 Å². The van der Waals surface area contributed by atoms with Gasteiger partial charge in [0.05, 0.1) is 5.56 Å². The number of nitriles is 1. The van der Waals surface area contributed by atoms with E-state index < -0.39 is 13.9 Å². The lowest BCUT2D eigenvalue weighted by molar-refractivity contribution is 0.472. The summed E-state index contributed by atoms with van der Waals surface area (Å²) in [5.74, 6) is -0.389. The summed E-state index contributed by atoms with van der Waals surface area (Å²) in [5.41, 5.74) is 0.0798. The van der Waals surface area contributed by atoms with Crippen molar-refractivity contribution in [1.29, 1.82) is 5.26 Å². The van der Waals surface area contributed by atoms with E-state index in [4.69, 9.17) is 27.5 Å². The maximum atomic E-state index is 11.1. The molecule has 80 valence electrons. The zero-order valence-electron chi connectivity index (χ0n) is 7.24. The predicted octanol–water partition coefficient (Wildman–Crippen LogP) is 1.93. The number of halogens is 2. The molecule has 0 aromatic heterocycles. The zero-order valence-corrected chi connectivity index (χ0v) is 9.57. The van der Waals surface area contributed by atoms with Crippen LogP contribution in [0.15, 0.2) is 17.0 Å². The van der Waals surface area contributed by atoms with Crippen molar-refractivity contribution in [2.24, 2.45) is 0 Å². The number of phenolic OH excluding ortho intramolecular Hbond substituents is 1. The van der Waals surface area contributed by atoms with Crippen molar-refractivity contribution in [2.75, 3.05) is 0 Å². The highest BCUT2D eigenvalue weighted by Gasteiger charge is 2.19. The Labute approximate surface area is 96.1 Å². The number of aromatic hydroxyl groups is 1. The number of hydrogen-bond acceptors (Lipinski definition) is 4. The van der Waals surface area contributed by atoms with Gasteiger partial charge < -0.3 is 5.11 Å². The molecule has 1 aromatic rings. The van der Waals surface area contributed by atoms with Crippen LogP contribution in [0.3, 0.4) is 0 Å². The van der Waals surface area contributed by atoms with Crippen LogP contribution in [0.25, 0.3) is 0 Å². The van der Waals surface area contributed by atoms with Crippen LogP contribution in [-0.2, 0) is 14.9 Å². The number of benzene rings is 1. The molecular formula is C8H5Cl2NO3S. The minimum atomic E-state index is -4.07. The number of rotatable bonds is 2. The Morgan fingerprint density at radius 2 is 2.07 bits per heavy atom. The molecule has 1 aromatic carbocycles. The van der Waals surface area contributed by atoms with E-state index in [1.54, 1.807) is 6.07 Å². The molecule has 0 spiro atoms. The van der Waals surface area contributed by atoms with Crippen LogP contribution in [0.1, 0.15) is 11.1 Å². The van der Waals surface area contributed by atoms with Gasteiger partial charge in [0, 0.05) is 22.6 Å². The molecule has 0 radical (unpaired) electrons. The number of nitrogens with zero attached hydrogens (tertiary/aromatic N) is 1. The average Bonchev–Trinajstić information content (AvgIpc) is 2.15. The molecule has 0 unspecified atom stereocenters. The summed E-state index contributed by atoms with van der Waals surface area (Å²) < 4.78 is 22.2. The average molecular weight is 266 g/mol. The Balaban J connectivity index is 3.66. The Morgan fingerprint density at radius 3 is 2.47 bits per heavy atom. The van der Waals surface area contributed by atoms with Crippen molar-refractivity contribution in [3.05, 3.63) is 23.3 Å². The molecule has 0 aliphatic rings. The Bertz CT molecular complexity index is 534. The summed E-state index contributed by atoms with van der Waals surface area (Å²) in [5, 5.41) is 18.0. The Hall–Kier alpha value is -0.960. The summed E-state index contributed by atoms with van der Waals surface area (Å²) >= 11 is 5.50. The quantitative estimate of drug-likeness (QED) is 0.655. The highest BCUT2D eigenvalue weighted by atomic mass is 35.7. The molecule has 0 heterocycles. The molecule has 0 aliphatic heterocycles. The van der Waals surface area contributed by atoms with Crippen molar-refractivity contribution >= 4 is 31.3 Å². The minimum absolute atomic E-state index is 0.0866. The maximum Gasteiger partial charge on any atom is 0.262 e. The van der Waals surface area contributed by atoms with Gasteiger partial charge in [0.2, 0.25) is 0 Å². The lowest BCUT2D eigenvalue weighted by Crippen LogP contribution is -1.98. The van der Waals surface area contributed by atoms with Crippen LogP contribution in [-0.4, -0.2) is 13.5 Å². The molecule has 0 atom stereocenters. The molecular weight excluding hydrogens is 261 g/mol. The van der Waals surface area contributed by atoms with Crippen LogP contribution in [0.2, 0.25) is 0 Å². The standard InChI is InChI=1S/C8H5Cl2NO3S/c9-3-5-1-6(12)2-8(7(5)4-11)15(10,13)14/h1-2,12H,3H2. The molecule has 0 amide bonds. The fourth-order valence-corrected chi connectivity index (χ4v) is 2.34. The zero-order chi connectivity index (χ0) is 11.6. The third-order valence-corrected chi connectivity index (χ3v) is 3.32. The van der Waals surface area contributed by atoms with Crippen LogP contribution in [0.4, 0.5) is 0 Å². The van der Waals surface area contributed by atoms with E-state index in [1.807, 2.05) is 0 Å². The van der Waals surface area contributed by atoms with Gasteiger partial charge in [0.15, 0.2) is 0 Å². The Kier molecular flexibility index (Phi) is 3.45. The first-order valence-electron chi connectivity index (χ1n) is 3.66. The number of alkyl halides is 1. The summed E-state index contributed by atoms with van der Waals surface area (Å²) in [4.78, 5) is -0.428. The van der Waals surface area contributed by atoms with E-state index in [1.165, 1.54) is 6.07 Å². The molecule has 15 heavy (non-hydrogen) atoms. The van der Waals surface area contributed by atoms with Crippen molar-refractivity contribution in [3.63, 3.8) is 0 Å². The normalized spacial score (nSPS) is 11.0. The van der Waals surface area contributed by atoms with Crippen molar-refractivity contribution in [1.82, 2.24) is 0 Å².